The first-order valence-corrected chi connectivity index (χ1v) is 11.8. The Bertz CT molecular complexity index is 991. The third-order valence-corrected chi connectivity index (χ3v) is 6.66. The van der Waals surface area contributed by atoms with E-state index < -0.39 is 5.54 Å². The Kier molecular flexibility index (Phi) is 6.59. The van der Waals surface area contributed by atoms with E-state index in [1.165, 1.54) is 0 Å². The van der Waals surface area contributed by atoms with Crippen LogP contribution in [0.1, 0.15) is 69.8 Å². The average Bonchev–Trinajstić information content (AvgIpc) is 3.19. The van der Waals surface area contributed by atoms with E-state index in [-0.39, 0.29) is 29.9 Å². The van der Waals surface area contributed by atoms with Crippen LogP contribution in [0.25, 0.3) is 0 Å². The molecule has 0 aliphatic carbocycles. The fourth-order valence-corrected chi connectivity index (χ4v) is 4.83. The number of benzene rings is 2. The Balaban J connectivity index is 1.61. The fraction of sp³-hybridized carbons (Fsp3) is 0.462. The van der Waals surface area contributed by atoms with Crippen molar-refractivity contribution in [3.05, 3.63) is 64.7 Å². The van der Waals surface area contributed by atoms with Gasteiger partial charge in [0.15, 0.2) is 0 Å². The molecule has 2 aromatic carbocycles. The molecule has 3 atom stereocenters. The van der Waals surface area contributed by atoms with E-state index in [0.717, 1.165) is 29.8 Å². The quantitative estimate of drug-likeness (QED) is 0.640. The summed E-state index contributed by atoms with van der Waals surface area (Å²) in [6, 6.07) is 15.8. The molecule has 32 heavy (non-hydrogen) atoms. The number of anilines is 1. The second-order valence-corrected chi connectivity index (χ2v) is 9.96. The zero-order chi connectivity index (χ0) is 22.9. The van der Waals surface area contributed by atoms with Crippen molar-refractivity contribution in [2.75, 3.05) is 11.4 Å². The topological polar surface area (TPSA) is 58.6 Å². The van der Waals surface area contributed by atoms with Crippen molar-refractivity contribution < 1.29 is 14.3 Å². The molecule has 1 N–H and O–H groups in total. The molecule has 2 fully saturated rings. The lowest BCUT2D eigenvalue weighted by molar-refractivity contribution is -0.131. The largest absolute Gasteiger partial charge is 0.365 e. The molecule has 0 spiro atoms. The van der Waals surface area contributed by atoms with Gasteiger partial charge in [0.25, 0.3) is 0 Å². The second kappa shape index (κ2) is 9.24. The van der Waals surface area contributed by atoms with Crippen molar-refractivity contribution in [2.45, 2.75) is 64.2 Å². The summed E-state index contributed by atoms with van der Waals surface area (Å²) in [5, 5.41) is 3.93. The summed E-state index contributed by atoms with van der Waals surface area (Å²) in [4.78, 5) is 26.5. The minimum absolute atomic E-state index is 0.0425. The van der Waals surface area contributed by atoms with Crippen LogP contribution in [-0.2, 0) is 14.3 Å². The van der Waals surface area contributed by atoms with Gasteiger partial charge in [-0.2, -0.15) is 0 Å². The average molecular weight is 455 g/mol. The SMILES string of the molecule is CC(C)C(=O)N[C@@]1(C)C[C@@H](c2cccc(Cl)c2)O[C@@H](c2ccc(N3CCCC3=O)cc2)C1. The third-order valence-electron chi connectivity index (χ3n) is 6.42. The normalized spacial score (nSPS) is 25.9. The van der Waals surface area contributed by atoms with Crippen LogP contribution in [0.5, 0.6) is 0 Å². The monoisotopic (exact) mass is 454 g/mol. The molecule has 0 aromatic heterocycles. The number of hydrogen-bond donors (Lipinski definition) is 1. The first kappa shape index (κ1) is 22.8. The number of carbonyl (C=O) groups is 2. The van der Waals surface area contributed by atoms with Gasteiger partial charge in [0.1, 0.15) is 0 Å². The molecule has 2 aliphatic rings. The zero-order valence-corrected chi connectivity index (χ0v) is 19.7. The highest BCUT2D eigenvalue weighted by atomic mass is 35.5. The van der Waals surface area contributed by atoms with E-state index in [1.54, 1.807) is 0 Å². The summed E-state index contributed by atoms with van der Waals surface area (Å²) in [7, 11) is 0. The van der Waals surface area contributed by atoms with E-state index in [9.17, 15) is 9.59 Å². The van der Waals surface area contributed by atoms with Gasteiger partial charge in [-0.25, -0.2) is 0 Å². The molecule has 2 aromatic rings. The highest BCUT2D eigenvalue weighted by Crippen LogP contribution is 2.44. The van der Waals surface area contributed by atoms with Gasteiger partial charge in [0, 0.05) is 48.0 Å². The second-order valence-electron chi connectivity index (χ2n) is 9.52. The van der Waals surface area contributed by atoms with Crippen LogP contribution in [0.3, 0.4) is 0 Å². The molecule has 6 heteroatoms. The van der Waals surface area contributed by atoms with Gasteiger partial charge in [0.2, 0.25) is 11.8 Å². The maximum absolute atomic E-state index is 12.6. The van der Waals surface area contributed by atoms with Gasteiger partial charge >= 0.3 is 0 Å². The summed E-state index contributed by atoms with van der Waals surface area (Å²) in [6.45, 7) is 6.68. The molecule has 5 nitrogen and oxygen atoms in total. The van der Waals surface area contributed by atoms with Gasteiger partial charge in [-0.3, -0.25) is 9.59 Å². The lowest BCUT2D eigenvalue weighted by Crippen LogP contribution is -2.52. The molecular formula is C26H31ClN2O3. The molecule has 2 aliphatic heterocycles. The number of halogens is 1. The van der Waals surface area contributed by atoms with Gasteiger partial charge < -0.3 is 15.0 Å². The summed E-state index contributed by atoms with van der Waals surface area (Å²) in [5.41, 5.74) is 2.55. The fourth-order valence-electron chi connectivity index (χ4n) is 4.63. The van der Waals surface area contributed by atoms with E-state index >= 15 is 0 Å². The minimum Gasteiger partial charge on any atom is -0.365 e. The van der Waals surface area contributed by atoms with Gasteiger partial charge in [-0.05, 0) is 48.7 Å². The summed E-state index contributed by atoms with van der Waals surface area (Å²) in [5.74, 6) is 0.132. The van der Waals surface area contributed by atoms with Crippen molar-refractivity contribution in [3.63, 3.8) is 0 Å². The summed E-state index contributed by atoms with van der Waals surface area (Å²) in [6.07, 6.45) is 2.48. The summed E-state index contributed by atoms with van der Waals surface area (Å²) < 4.78 is 6.55. The number of nitrogens with one attached hydrogen (secondary N) is 1. The molecule has 2 saturated heterocycles. The van der Waals surface area contributed by atoms with E-state index in [0.29, 0.717) is 24.3 Å². The highest BCUT2D eigenvalue weighted by Gasteiger charge is 2.40. The number of hydrogen-bond acceptors (Lipinski definition) is 3. The lowest BCUT2D eigenvalue weighted by atomic mass is 9.81. The van der Waals surface area contributed by atoms with Crippen molar-refractivity contribution in [1.82, 2.24) is 5.32 Å². The Hall–Kier alpha value is -2.37. The zero-order valence-electron chi connectivity index (χ0n) is 18.9. The standard InChI is InChI=1S/C26H31ClN2O3/c1-17(2)25(31)28-26(3)15-22(32-23(16-26)19-6-4-7-20(27)14-19)18-9-11-21(12-10-18)29-13-5-8-24(29)30/h4,6-7,9-12,14,17,22-23H,5,8,13,15-16H2,1-3H3,(H,28,31)/t22-,23+,26-/m1/s1. The van der Waals surface area contributed by atoms with Crippen molar-refractivity contribution in [2.24, 2.45) is 5.92 Å². The van der Waals surface area contributed by atoms with Crippen LogP contribution in [0.15, 0.2) is 48.5 Å². The van der Waals surface area contributed by atoms with Gasteiger partial charge in [-0.15, -0.1) is 0 Å². The Labute approximate surface area is 195 Å². The Morgan fingerprint density at radius 1 is 1.12 bits per heavy atom. The van der Waals surface area contributed by atoms with Crippen molar-refractivity contribution in [1.29, 1.82) is 0 Å². The van der Waals surface area contributed by atoms with Crippen molar-refractivity contribution in [3.8, 4) is 0 Å². The lowest BCUT2D eigenvalue weighted by Gasteiger charge is -2.43. The van der Waals surface area contributed by atoms with Crippen LogP contribution in [-0.4, -0.2) is 23.9 Å². The predicted molar refractivity (Wildman–Crippen MR) is 127 cm³/mol. The third kappa shape index (κ3) is 5.00. The number of rotatable bonds is 5. The number of nitrogens with zero attached hydrogens (tertiary/aromatic N) is 1. The number of carbonyl (C=O) groups excluding carboxylic acids is 2. The first-order chi connectivity index (χ1) is 15.2. The predicted octanol–water partition coefficient (Wildman–Crippen LogP) is 5.59. The van der Waals surface area contributed by atoms with Crippen LogP contribution in [0, 0.1) is 5.92 Å². The molecule has 170 valence electrons. The van der Waals surface area contributed by atoms with Crippen LogP contribution < -0.4 is 10.2 Å². The minimum atomic E-state index is -0.416. The molecule has 2 heterocycles. The Morgan fingerprint density at radius 3 is 2.41 bits per heavy atom. The Morgan fingerprint density at radius 2 is 1.81 bits per heavy atom. The van der Waals surface area contributed by atoms with Crippen molar-refractivity contribution >= 4 is 29.1 Å². The highest BCUT2D eigenvalue weighted by molar-refractivity contribution is 6.30. The van der Waals surface area contributed by atoms with Crippen LogP contribution in [0.2, 0.25) is 5.02 Å². The van der Waals surface area contributed by atoms with E-state index in [1.807, 2.05) is 67.3 Å². The molecule has 2 amide bonds. The van der Waals surface area contributed by atoms with Crippen LogP contribution in [0.4, 0.5) is 5.69 Å². The maximum Gasteiger partial charge on any atom is 0.227 e. The maximum atomic E-state index is 12.6. The molecule has 0 radical (unpaired) electrons. The van der Waals surface area contributed by atoms with Crippen LogP contribution >= 0.6 is 11.6 Å². The van der Waals surface area contributed by atoms with Gasteiger partial charge in [-0.1, -0.05) is 49.7 Å². The molecular weight excluding hydrogens is 424 g/mol. The smallest absolute Gasteiger partial charge is 0.227 e. The summed E-state index contributed by atoms with van der Waals surface area (Å²) >= 11 is 6.25. The molecule has 0 bridgehead atoms. The van der Waals surface area contributed by atoms with Gasteiger partial charge in [0.05, 0.1) is 12.2 Å². The van der Waals surface area contributed by atoms with E-state index in [2.05, 4.69) is 12.2 Å². The van der Waals surface area contributed by atoms with E-state index in [4.69, 9.17) is 16.3 Å². The first-order valence-electron chi connectivity index (χ1n) is 11.4. The molecule has 0 saturated carbocycles. The number of amides is 2. The molecule has 4 rings (SSSR count). The molecule has 0 unspecified atom stereocenters. The number of ether oxygens (including phenoxy) is 1.